The lowest BCUT2D eigenvalue weighted by Crippen LogP contribution is -2.00. The fourth-order valence-corrected chi connectivity index (χ4v) is 1.98. The van der Waals surface area contributed by atoms with E-state index in [0.29, 0.717) is 25.3 Å². The van der Waals surface area contributed by atoms with Crippen molar-refractivity contribution in [1.29, 1.82) is 5.26 Å². The van der Waals surface area contributed by atoms with Gasteiger partial charge in [0.05, 0.1) is 19.1 Å². The van der Waals surface area contributed by atoms with Gasteiger partial charge in [-0.2, -0.15) is 5.26 Å². The van der Waals surface area contributed by atoms with Crippen LogP contribution in [0.1, 0.15) is 18.1 Å². The number of hydrogen-bond donors (Lipinski definition) is 2. The van der Waals surface area contributed by atoms with Crippen molar-refractivity contribution in [2.45, 2.75) is 19.9 Å². The van der Waals surface area contributed by atoms with Crippen LogP contribution in [0.3, 0.4) is 0 Å². The van der Waals surface area contributed by atoms with Crippen molar-refractivity contribution in [2.75, 3.05) is 11.9 Å². The predicted molar refractivity (Wildman–Crippen MR) is 82.4 cm³/mol. The third kappa shape index (κ3) is 4.15. The van der Waals surface area contributed by atoms with E-state index in [9.17, 15) is 5.11 Å². The quantitative estimate of drug-likeness (QED) is 0.851. The third-order valence-corrected chi connectivity index (χ3v) is 3.06. The average Bonchev–Trinajstić information content (AvgIpc) is 2.50. The number of ether oxygens (including phenoxy) is 1. The Morgan fingerprint density at radius 3 is 2.52 bits per heavy atom. The minimum absolute atomic E-state index is 0.154. The normalized spacial score (nSPS) is 9.90. The SMILES string of the molecule is CCOc1cc(CNc2ccc(CC#N)cc2)ccc1O. The summed E-state index contributed by atoms with van der Waals surface area (Å²) in [6.45, 7) is 3.04. The first-order valence-electron chi connectivity index (χ1n) is 6.87. The number of rotatable bonds is 6. The average molecular weight is 282 g/mol. The molecule has 108 valence electrons. The molecule has 2 rings (SSSR count). The van der Waals surface area contributed by atoms with Crippen molar-refractivity contribution in [1.82, 2.24) is 0 Å². The molecule has 2 N–H and O–H groups in total. The second-order valence-corrected chi connectivity index (χ2v) is 4.62. The zero-order chi connectivity index (χ0) is 15.1. The van der Waals surface area contributed by atoms with Gasteiger partial charge in [-0.25, -0.2) is 0 Å². The molecule has 0 radical (unpaired) electrons. The van der Waals surface area contributed by atoms with Gasteiger partial charge in [-0.15, -0.1) is 0 Å². The van der Waals surface area contributed by atoms with Crippen molar-refractivity contribution >= 4 is 5.69 Å². The molecule has 4 heteroatoms. The van der Waals surface area contributed by atoms with Gasteiger partial charge in [0.25, 0.3) is 0 Å². The van der Waals surface area contributed by atoms with Crippen LogP contribution in [0.2, 0.25) is 0 Å². The number of nitriles is 1. The number of nitrogens with one attached hydrogen (secondary N) is 1. The molecule has 0 aromatic heterocycles. The Bertz CT molecular complexity index is 630. The first-order valence-corrected chi connectivity index (χ1v) is 6.87. The van der Waals surface area contributed by atoms with Crippen molar-refractivity contribution in [3.05, 3.63) is 53.6 Å². The van der Waals surface area contributed by atoms with Gasteiger partial charge in [-0.05, 0) is 42.3 Å². The van der Waals surface area contributed by atoms with Crippen molar-refractivity contribution in [3.8, 4) is 17.6 Å². The van der Waals surface area contributed by atoms with E-state index in [1.807, 2.05) is 43.3 Å². The zero-order valence-corrected chi connectivity index (χ0v) is 12.0. The summed E-state index contributed by atoms with van der Waals surface area (Å²) in [5, 5.41) is 21.6. The molecular weight excluding hydrogens is 264 g/mol. The van der Waals surface area contributed by atoms with Crippen molar-refractivity contribution < 1.29 is 9.84 Å². The number of nitrogens with zero attached hydrogens (tertiary/aromatic N) is 1. The Hall–Kier alpha value is -2.67. The number of anilines is 1. The molecule has 0 unspecified atom stereocenters. The Balaban J connectivity index is 1.99. The van der Waals surface area contributed by atoms with Crippen LogP contribution < -0.4 is 10.1 Å². The largest absolute Gasteiger partial charge is 0.504 e. The van der Waals surface area contributed by atoms with E-state index in [1.165, 1.54) is 0 Å². The Labute approximate surface area is 124 Å². The predicted octanol–water partition coefficient (Wildman–Crippen LogP) is 3.47. The maximum absolute atomic E-state index is 9.66. The van der Waals surface area contributed by atoms with E-state index >= 15 is 0 Å². The summed E-state index contributed by atoms with van der Waals surface area (Å²) in [5.74, 6) is 0.655. The molecule has 2 aromatic carbocycles. The van der Waals surface area contributed by atoms with Crippen LogP contribution in [-0.2, 0) is 13.0 Å². The maximum atomic E-state index is 9.66. The van der Waals surface area contributed by atoms with Crippen LogP contribution in [0.4, 0.5) is 5.69 Å². The minimum atomic E-state index is 0.154. The summed E-state index contributed by atoms with van der Waals surface area (Å²) in [7, 11) is 0. The highest BCUT2D eigenvalue weighted by molar-refractivity contribution is 5.47. The number of hydrogen-bond acceptors (Lipinski definition) is 4. The van der Waals surface area contributed by atoms with E-state index < -0.39 is 0 Å². The smallest absolute Gasteiger partial charge is 0.161 e. The van der Waals surface area contributed by atoms with Crippen LogP contribution in [0.25, 0.3) is 0 Å². The highest BCUT2D eigenvalue weighted by atomic mass is 16.5. The van der Waals surface area contributed by atoms with Crippen LogP contribution in [0.5, 0.6) is 11.5 Å². The minimum Gasteiger partial charge on any atom is -0.504 e. The molecule has 0 aliphatic heterocycles. The lowest BCUT2D eigenvalue weighted by molar-refractivity contribution is 0.318. The summed E-state index contributed by atoms with van der Waals surface area (Å²) in [5.41, 5.74) is 3.02. The molecule has 0 atom stereocenters. The standard InChI is InChI=1S/C17H18N2O2/c1-2-21-17-11-14(5-8-16(17)20)12-19-15-6-3-13(4-7-15)9-10-18/h3-8,11,19-20H,2,9,12H2,1H3. The second kappa shape index (κ2) is 7.20. The summed E-state index contributed by atoms with van der Waals surface area (Å²) in [4.78, 5) is 0. The van der Waals surface area contributed by atoms with Gasteiger partial charge in [-0.1, -0.05) is 18.2 Å². The highest BCUT2D eigenvalue weighted by Crippen LogP contribution is 2.27. The van der Waals surface area contributed by atoms with E-state index in [0.717, 1.165) is 16.8 Å². The number of benzene rings is 2. The topological polar surface area (TPSA) is 65.3 Å². The molecule has 0 spiro atoms. The van der Waals surface area contributed by atoms with E-state index in [-0.39, 0.29) is 5.75 Å². The first kappa shape index (κ1) is 14.7. The van der Waals surface area contributed by atoms with Gasteiger partial charge in [-0.3, -0.25) is 0 Å². The fraction of sp³-hybridized carbons (Fsp3) is 0.235. The van der Waals surface area contributed by atoms with Gasteiger partial charge < -0.3 is 15.2 Å². The van der Waals surface area contributed by atoms with Crippen LogP contribution >= 0.6 is 0 Å². The lowest BCUT2D eigenvalue weighted by Gasteiger charge is -2.10. The molecule has 0 saturated carbocycles. The maximum Gasteiger partial charge on any atom is 0.161 e. The summed E-state index contributed by atoms with van der Waals surface area (Å²) in [6, 6.07) is 15.2. The lowest BCUT2D eigenvalue weighted by atomic mass is 10.1. The van der Waals surface area contributed by atoms with Gasteiger partial charge >= 0.3 is 0 Å². The molecule has 0 aliphatic rings. The molecule has 0 aliphatic carbocycles. The Morgan fingerprint density at radius 1 is 1.14 bits per heavy atom. The van der Waals surface area contributed by atoms with Gasteiger partial charge in [0.2, 0.25) is 0 Å². The molecule has 0 amide bonds. The van der Waals surface area contributed by atoms with Crippen molar-refractivity contribution in [2.24, 2.45) is 0 Å². The molecule has 0 heterocycles. The molecule has 21 heavy (non-hydrogen) atoms. The molecule has 4 nitrogen and oxygen atoms in total. The summed E-state index contributed by atoms with van der Waals surface area (Å²) >= 11 is 0. The van der Waals surface area contributed by atoms with Gasteiger partial charge in [0, 0.05) is 12.2 Å². The second-order valence-electron chi connectivity index (χ2n) is 4.62. The summed E-state index contributed by atoms with van der Waals surface area (Å²) < 4.78 is 5.36. The van der Waals surface area contributed by atoms with E-state index in [1.54, 1.807) is 6.07 Å². The van der Waals surface area contributed by atoms with Crippen LogP contribution in [0.15, 0.2) is 42.5 Å². The van der Waals surface area contributed by atoms with E-state index in [2.05, 4.69) is 11.4 Å². The van der Waals surface area contributed by atoms with Crippen LogP contribution in [-0.4, -0.2) is 11.7 Å². The summed E-state index contributed by atoms with van der Waals surface area (Å²) in [6.07, 6.45) is 0.427. The monoisotopic (exact) mass is 282 g/mol. The Morgan fingerprint density at radius 2 is 1.86 bits per heavy atom. The number of phenols is 1. The molecule has 2 aromatic rings. The zero-order valence-electron chi connectivity index (χ0n) is 12.0. The molecule has 0 bridgehead atoms. The van der Waals surface area contributed by atoms with Crippen LogP contribution in [0, 0.1) is 11.3 Å². The fourth-order valence-electron chi connectivity index (χ4n) is 1.98. The first-order chi connectivity index (χ1) is 10.2. The third-order valence-electron chi connectivity index (χ3n) is 3.06. The highest BCUT2D eigenvalue weighted by Gasteiger charge is 2.03. The van der Waals surface area contributed by atoms with Gasteiger partial charge in [0.1, 0.15) is 0 Å². The van der Waals surface area contributed by atoms with E-state index in [4.69, 9.17) is 10.00 Å². The molecular formula is C17H18N2O2. The Kier molecular flexibility index (Phi) is 5.05. The molecule has 0 fully saturated rings. The van der Waals surface area contributed by atoms with Crippen molar-refractivity contribution in [3.63, 3.8) is 0 Å². The molecule has 0 saturated heterocycles. The number of phenolic OH excluding ortho intramolecular Hbond substituents is 1. The number of aromatic hydroxyl groups is 1. The van der Waals surface area contributed by atoms with Gasteiger partial charge in [0.15, 0.2) is 11.5 Å².